The van der Waals surface area contributed by atoms with E-state index in [0.717, 1.165) is 9.18 Å². The largest absolute Gasteiger partial charge is 0.480 e. The smallest absolute Gasteiger partial charge is 0.325 e. The summed E-state index contributed by atoms with van der Waals surface area (Å²) in [7, 11) is -3.66. The molecule has 2 rings (SSSR count). The summed E-state index contributed by atoms with van der Waals surface area (Å²) in [4.78, 5) is 12.5. The molecule has 118 valence electrons. The Morgan fingerprint density at radius 3 is 2.81 bits per heavy atom. The normalized spacial score (nSPS) is 23.5. The lowest BCUT2D eigenvalue weighted by Crippen LogP contribution is -2.54. The van der Waals surface area contributed by atoms with Crippen LogP contribution in [0.5, 0.6) is 0 Å². The van der Waals surface area contributed by atoms with E-state index in [1.807, 2.05) is 17.5 Å². The van der Waals surface area contributed by atoms with Gasteiger partial charge in [0.15, 0.2) is 0 Å². The molecule has 1 aromatic heterocycles. The molecular formula is C13H19NO5S2. The van der Waals surface area contributed by atoms with Gasteiger partial charge in [-0.15, -0.1) is 11.3 Å². The van der Waals surface area contributed by atoms with Crippen molar-refractivity contribution in [2.24, 2.45) is 0 Å². The molecule has 1 aromatic rings. The summed E-state index contributed by atoms with van der Waals surface area (Å²) in [6.45, 7) is -0.137. The molecule has 1 saturated heterocycles. The Kier molecular flexibility index (Phi) is 5.03. The van der Waals surface area contributed by atoms with Crippen LogP contribution in [0, 0.1) is 0 Å². The van der Waals surface area contributed by atoms with Gasteiger partial charge in [-0.05, 0) is 30.7 Å². The molecule has 0 spiro atoms. The van der Waals surface area contributed by atoms with Gasteiger partial charge in [-0.2, -0.15) is 4.31 Å². The second kappa shape index (κ2) is 6.43. The van der Waals surface area contributed by atoms with Gasteiger partial charge in [0.25, 0.3) is 0 Å². The lowest BCUT2D eigenvalue weighted by molar-refractivity contribution is -0.148. The molecule has 0 saturated carbocycles. The second-order valence-corrected chi connectivity index (χ2v) is 8.18. The number of hydrogen-bond acceptors (Lipinski definition) is 5. The van der Waals surface area contributed by atoms with E-state index in [-0.39, 0.29) is 31.7 Å². The molecule has 0 radical (unpaired) electrons. The number of nitrogens with zero attached hydrogens (tertiary/aromatic N) is 1. The van der Waals surface area contributed by atoms with Gasteiger partial charge in [-0.25, -0.2) is 8.42 Å². The van der Waals surface area contributed by atoms with Crippen LogP contribution < -0.4 is 0 Å². The molecule has 1 atom stereocenters. The van der Waals surface area contributed by atoms with Crippen molar-refractivity contribution in [1.82, 2.24) is 4.31 Å². The summed E-state index contributed by atoms with van der Waals surface area (Å²) < 4.78 is 26.1. The van der Waals surface area contributed by atoms with Crippen molar-refractivity contribution in [2.45, 2.75) is 31.2 Å². The zero-order valence-electron chi connectivity index (χ0n) is 11.6. The van der Waals surface area contributed by atoms with E-state index in [1.54, 1.807) is 0 Å². The SMILES string of the molecule is O=C(O)C1(CCO)CCCN1S(=O)(=O)CCc1cccs1. The third kappa shape index (κ3) is 3.28. The quantitative estimate of drug-likeness (QED) is 0.774. The first-order chi connectivity index (χ1) is 9.92. The Morgan fingerprint density at radius 2 is 2.24 bits per heavy atom. The number of carbonyl (C=O) groups is 1. The highest BCUT2D eigenvalue weighted by Crippen LogP contribution is 2.35. The minimum Gasteiger partial charge on any atom is -0.480 e. The summed E-state index contributed by atoms with van der Waals surface area (Å²) in [6, 6.07) is 3.72. The standard InChI is InChI=1S/C13H19NO5S2/c15-8-6-13(12(16)17)5-2-7-14(13)21(18,19)10-4-11-3-1-9-20-11/h1,3,9,15H,2,4-8,10H2,(H,16,17). The predicted octanol–water partition coefficient (Wildman–Crippen LogP) is 0.922. The molecule has 21 heavy (non-hydrogen) atoms. The zero-order valence-corrected chi connectivity index (χ0v) is 13.2. The van der Waals surface area contributed by atoms with Crippen LogP contribution in [0.25, 0.3) is 0 Å². The molecule has 1 fully saturated rings. The van der Waals surface area contributed by atoms with Gasteiger partial charge in [0.1, 0.15) is 5.54 Å². The molecule has 0 bridgehead atoms. The van der Waals surface area contributed by atoms with Gasteiger partial charge in [0.05, 0.1) is 5.75 Å². The van der Waals surface area contributed by atoms with E-state index in [4.69, 9.17) is 5.11 Å². The minimum absolute atomic E-state index is 0.0689. The molecule has 0 aliphatic carbocycles. The van der Waals surface area contributed by atoms with Gasteiger partial charge >= 0.3 is 5.97 Å². The number of sulfonamides is 1. The van der Waals surface area contributed by atoms with Gasteiger partial charge < -0.3 is 10.2 Å². The molecule has 0 amide bonds. The van der Waals surface area contributed by atoms with Gasteiger partial charge in [0.2, 0.25) is 10.0 Å². The number of rotatable bonds is 7. The van der Waals surface area contributed by atoms with Crippen molar-refractivity contribution in [3.8, 4) is 0 Å². The first kappa shape index (κ1) is 16.4. The maximum Gasteiger partial charge on any atom is 0.325 e. The van der Waals surface area contributed by atoms with Crippen LogP contribution >= 0.6 is 11.3 Å². The highest BCUT2D eigenvalue weighted by Gasteiger charge is 2.52. The van der Waals surface area contributed by atoms with Crippen LogP contribution in [0.1, 0.15) is 24.1 Å². The van der Waals surface area contributed by atoms with Gasteiger partial charge in [-0.1, -0.05) is 6.07 Å². The summed E-state index contributed by atoms with van der Waals surface area (Å²) in [6.07, 6.45) is 1.07. The van der Waals surface area contributed by atoms with Crippen LogP contribution in [0.15, 0.2) is 17.5 Å². The average Bonchev–Trinajstić information content (AvgIpc) is 3.06. The summed E-state index contributed by atoms with van der Waals surface area (Å²) in [5.41, 5.74) is -1.48. The summed E-state index contributed by atoms with van der Waals surface area (Å²) in [5, 5.41) is 20.5. The van der Waals surface area contributed by atoms with Crippen molar-refractivity contribution in [1.29, 1.82) is 0 Å². The lowest BCUT2D eigenvalue weighted by atomic mass is 9.94. The molecule has 6 nitrogen and oxygen atoms in total. The molecule has 2 N–H and O–H groups in total. The van der Waals surface area contributed by atoms with Crippen LogP contribution in [-0.2, 0) is 21.2 Å². The topological polar surface area (TPSA) is 94.9 Å². The first-order valence-corrected chi connectivity index (χ1v) is 9.28. The fourth-order valence-electron chi connectivity index (χ4n) is 2.81. The third-order valence-electron chi connectivity index (χ3n) is 3.87. The van der Waals surface area contributed by atoms with E-state index >= 15 is 0 Å². The van der Waals surface area contributed by atoms with E-state index in [0.29, 0.717) is 12.8 Å². The van der Waals surface area contributed by atoms with Crippen LogP contribution in [0.4, 0.5) is 0 Å². The van der Waals surface area contributed by atoms with Crippen LogP contribution in [-0.4, -0.2) is 53.3 Å². The lowest BCUT2D eigenvalue weighted by Gasteiger charge is -2.33. The monoisotopic (exact) mass is 333 g/mol. The number of hydrogen-bond donors (Lipinski definition) is 2. The van der Waals surface area contributed by atoms with Gasteiger partial charge in [0, 0.05) is 24.4 Å². The Labute approximate surface area is 128 Å². The Morgan fingerprint density at radius 1 is 1.48 bits per heavy atom. The predicted molar refractivity (Wildman–Crippen MR) is 79.8 cm³/mol. The van der Waals surface area contributed by atoms with Crippen molar-refractivity contribution < 1.29 is 23.4 Å². The fourth-order valence-corrected chi connectivity index (χ4v) is 5.55. The van der Waals surface area contributed by atoms with E-state index in [2.05, 4.69) is 0 Å². The molecule has 1 aliphatic rings. The molecule has 1 aliphatic heterocycles. The number of aliphatic hydroxyl groups is 1. The average molecular weight is 333 g/mol. The molecule has 1 unspecified atom stereocenters. The molecular weight excluding hydrogens is 314 g/mol. The molecule has 8 heteroatoms. The number of carboxylic acid groups (broad SMARTS) is 1. The zero-order chi connectivity index (χ0) is 15.5. The maximum atomic E-state index is 12.5. The fraction of sp³-hybridized carbons (Fsp3) is 0.615. The number of aryl methyl sites for hydroxylation is 1. The van der Waals surface area contributed by atoms with E-state index in [1.165, 1.54) is 11.3 Å². The Balaban J connectivity index is 2.18. The van der Waals surface area contributed by atoms with Gasteiger partial charge in [-0.3, -0.25) is 4.79 Å². The number of aliphatic hydroxyl groups excluding tert-OH is 1. The molecule has 2 heterocycles. The van der Waals surface area contributed by atoms with Crippen LogP contribution in [0.3, 0.4) is 0 Å². The second-order valence-electron chi connectivity index (χ2n) is 5.13. The van der Waals surface area contributed by atoms with E-state index < -0.39 is 21.5 Å². The van der Waals surface area contributed by atoms with Crippen molar-refractivity contribution in [3.05, 3.63) is 22.4 Å². The number of thiophene rings is 1. The first-order valence-electron chi connectivity index (χ1n) is 6.79. The number of carboxylic acids is 1. The van der Waals surface area contributed by atoms with Crippen molar-refractivity contribution in [3.63, 3.8) is 0 Å². The summed E-state index contributed by atoms with van der Waals surface area (Å²) >= 11 is 1.48. The summed E-state index contributed by atoms with van der Waals surface area (Å²) in [5.74, 6) is -1.28. The Hall–Kier alpha value is -0.960. The maximum absolute atomic E-state index is 12.5. The Bertz CT molecular complexity index is 584. The molecule has 0 aromatic carbocycles. The minimum atomic E-state index is -3.66. The van der Waals surface area contributed by atoms with Crippen molar-refractivity contribution >= 4 is 27.3 Å². The van der Waals surface area contributed by atoms with Crippen molar-refractivity contribution in [2.75, 3.05) is 18.9 Å². The van der Waals surface area contributed by atoms with E-state index in [9.17, 15) is 18.3 Å². The highest BCUT2D eigenvalue weighted by molar-refractivity contribution is 7.89. The number of aliphatic carboxylic acids is 1. The highest BCUT2D eigenvalue weighted by atomic mass is 32.2. The van der Waals surface area contributed by atoms with Crippen LogP contribution in [0.2, 0.25) is 0 Å². The third-order valence-corrected chi connectivity index (χ3v) is 6.73.